The fraction of sp³-hybridized carbons (Fsp3) is 0.0294. The van der Waals surface area contributed by atoms with Crippen molar-refractivity contribution in [3.8, 4) is 27.9 Å². The molecule has 2 nitrogen and oxygen atoms in total. The summed E-state index contributed by atoms with van der Waals surface area (Å²) < 4.78 is 2.44. The van der Waals surface area contributed by atoms with E-state index in [9.17, 15) is 0 Å². The highest BCUT2D eigenvalue weighted by Crippen LogP contribution is 2.43. The summed E-state index contributed by atoms with van der Waals surface area (Å²) in [7, 11) is 18.2. The van der Waals surface area contributed by atoms with Crippen LogP contribution < -0.4 is 27.3 Å². The molecule has 0 saturated heterocycles. The van der Waals surface area contributed by atoms with Crippen LogP contribution in [-0.2, 0) is 5.11 Å². The molecule has 0 unspecified atom stereocenters. The van der Waals surface area contributed by atoms with Crippen molar-refractivity contribution in [2.24, 2.45) is 0 Å². The Morgan fingerprint density at radius 1 is 0.500 bits per heavy atom. The normalized spacial score (nSPS) is 11.9. The number of hydrogen-bond acceptors (Lipinski definition) is 1. The third-order valence-electron chi connectivity index (χ3n) is 9.81. The third-order valence-corrected chi connectivity index (χ3v) is 9.81. The molecule has 0 amide bonds. The van der Waals surface area contributed by atoms with E-state index in [1.807, 2.05) is 0 Å². The molecule has 0 atom stereocenters. The van der Waals surface area contributed by atoms with Gasteiger partial charge in [-0.1, -0.05) is 94.9 Å². The number of benzene rings is 6. The van der Waals surface area contributed by atoms with Crippen LogP contribution in [0.4, 0.5) is 0 Å². The zero-order valence-electron chi connectivity index (χ0n) is 27.1. The van der Waals surface area contributed by atoms with Gasteiger partial charge in [-0.3, -0.25) is 4.57 Å². The van der Waals surface area contributed by atoms with E-state index >= 15 is 0 Å². The predicted octanol–water partition coefficient (Wildman–Crippen LogP) is -3.03. The van der Waals surface area contributed by atoms with Gasteiger partial charge in [-0.2, -0.15) is 0 Å². The fourth-order valence-electron chi connectivity index (χ4n) is 7.11. The van der Waals surface area contributed by atoms with Crippen molar-refractivity contribution in [1.82, 2.24) is 9.55 Å². The molecule has 0 aliphatic rings. The van der Waals surface area contributed by atoms with E-state index in [1.165, 1.54) is 76.8 Å². The van der Waals surface area contributed by atoms with Gasteiger partial charge in [-0.15, -0.1) is 16.4 Å². The van der Waals surface area contributed by atoms with Gasteiger partial charge in [0.05, 0.1) is 46.1 Å². The van der Waals surface area contributed by atoms with Crippen LogP contribution in [0.15, 0.2) is 97.1 Å². The minimum absolute atomic E-state index is 0.159. The Kier molecular flexibility index (Phi) is 6.81. The Morgan fingerprint density at radius 2 is 1.07 bits per heavy atom. The Morgan fingerprint density at radius 3 is 1.75 bits per heavy atom. The van der Waals surface area contributed by atoms with E-state index in [1.54, 1.807) is 0 Å². The number of para-hydroxylation sites is 2. The van der Waals surface area contributed by atoms with Gasteiger partial charge in [0, 0.05) is 10.8 Å². The molecule has 0 bridgehead atoms. The molecule has 10 heteroatoms. The quantitative estimate of drug-likeness (QED) is 0.167. The SMILES string of the molecule is Bc1c(B)c(B)c(-c2c3ccccc3c(-n3c(C(B)(B)B)nc4ccccc43)c3ccc(-c4ccccc4)cc23)c(B)c1B. The summed E-state index contributed by atoms with van der Waals surface area (Å²) in [6.45, 7) is 0. The number of nitrogens with zero attached hydrogens (tertiary/aromatic N) is 2. The Hall–Kier alpha value is -4.17. The zero-order chi connectivity index (χ0) is 30.9. The highest BCUT2D eigenvalue weighted by atomic mass is 15.1. The molecule has 7 rings (SSSR count). The predicted molar refractivity (Wildman–Crippen MR) is 215 cm³/mol. The van der Waals surface area contributed by atoms with E-state index < -0.39 is 0 Å². The molecule has 6 aromatic carbocycles. The summed E-state index contributed by atoms with van der Waals surface area (Å²) in [5.74, 6) is 1.07. The van der Waals surface area contributed by atoms with Crippen molar-refractivity contribution >= 4 is 123 Å². The second-order valence-corrected chi connectivity index (χ2v) is 13.4. The molecule has 0 spiro atoms. The molecule has 1 aromatic heterocycles. The largest absolute Gasteiger partial charge is 0.296 e. The first kappa shape index (κ1) is 28.6. The lowest BCUT2D eigenvalue weighted by Gasteiger charge is -2.27. The van der Waals surface area contributed by atoms with Crippen molar-refractivity contribution < 1.29 is 0 Å². The average molecular weight is 555 g/mol. The first-order chi connectivity index (χ1) is 21.1. The molecule has 44 heavy (non-hydrogen) atoms. The van der Waals surface area contributed by atoms with Crippen LogP contribution in [0.5, 0.6) is 0 Å². The van der Waals surface area contributed by atoms with Gasteiger partial charge in [0.2, 0.25) is 0 Å². The smallest absolute Gasteiger partial charge is 0.139 e. The molecule has 0 radical (unpaired) electrons. The average Bonchev–Trinajstić information content (AvgIpc) is 3.43. The van der Waals surface area contributed by atoms with Crippen molar-refractivity contribution in [3.05, 3.63) is 103 Å². The molecular weight excluding hydrogens is 523 g/mol. The summed E-state index contributed by atoms with van der Waals surface area (Å²) in [4.78, 5) is 5.24. The van der Waals surface area contributed by atoms with Gasteiger partial charge in [0.1, 0.15) is 39.2 Å². The summed E-state index contributed by atoms with van der Waals surface area (Å²) in [5.41, 5.74) is 15.3. The molecule has 1 heterocycles. The Bertz CT molecular complexity index is 2240. The lowest BCUT2D eigenvalue weighted by molar-refractivity contribution is 0.939. The monoisotopic (exact) mass is 556 g/mol. The van der Waals surface area contributed by atoms with Crippen LogP contribution in [0.3, 0.4) is 0 Å². The summed E-state index contributed by atoms with van der Waals surface area (Å²) >= 11 is 0. The maximum Gasteiger partial charge on any atom is 0.139 e. The van der Waals surface area contributed by atoms with Crippen LogP contribution in [0.2, 0.25) is 0 Å². The molecule has 0 aliphatic heterocycles. The summed E-state index contributed by atoms with van der Waals surface area (Å²) in [6.07, 6.45) is 0. The number of imidazole rings is 1. The maximum absolute atomic E-state index is 5.24. The fourth-order valence-corrected chi connectivity index (χ4v) is 7.11. The summed E-state index contributed by atoms with van der Waals surface area (Å²) in [6, 6.07) is 35.4. The van der Waals surface area contributed by atoms with Crippen molar-refractivity contribution in [2.45, 2.75) is 5.11 Å². The van der Waals surface area contributed by atoms with Crippen LogP contribution in [0.25, 0.3) is 60.5 Å². The maximum atomic E-state index is 5.24. The number of fused-ring (bicyclic) bond motifs is 3. The third kappa shape index (κ3) is 4.33. The minimum atomic E-state index is -0.159. The first-order valence-corrected chi connectivity index (χ1v) is 15.7. The highest BCUT2D eigenvalue weighted by molar-refractivity contribution is 6.69. The van der Waals surface area contributed by atoms with Gasteiger partial charge in [-0.05, 0) is 51.2 Å². The van der Waals surface area contributed by atoms with Crippen LogP contribution in [0.1, 0.15) is 5.82 Å². The van der Waals surface area contributed by atoms with E-state index in [0.29, 0.717) is 0 Å². The second kappa shape index (κ2) is 10.5. The lowest BCUT2D eigenvalue weighted by atomic mass is 9.42. The molecule has 0 fully saturated rings. The van der Waals surface area contributed by atoms with E-state index in [0.717, 1.165) is 16.9 Å². The standard InChI is InChI=1S/C34H32B8N2/c35-27-26(28(36)30(38)31(39)29(27)37)25-19-10-4-5-11-20(19)32(21-15-14-18(16-22(21)25)17-8-2-1-3-9-17)44-24-13-7-6-12-23(24)43-33(44)34(40,41)42/h1-16H,35-42H2. The van der Waals surface area contributed by atoms with Gasteiger partial charge in [0.15, 0.2) is 0 Å². The second-order valence-electron chi connectivity index (χ2n) is 13.4. The van der Waals surface area contributed by atoms with Crippen LogP contribution in [0, 0.1) is 0 Å². The molecule has 0 N–H and O–H groups in total. The van der Waals surface area contributed by atoms with Gasteiger partial charge in [0.25, 0.3) is 0 Å². The van der Waals surface area contributed by atoms with Crippen molar-refractivity contribution in [2.75, 3.05) is 0 Å². The first-order valence-electron chi connectivity index (χ1n) is 15.7. The minimum Gasteiger partial charge on any atom is -0.296 e. The molecule has 0 saturated carbocycles. The lowest BCUT2D eigenvalue weighted by Crippen LogP contribution is -2.55. The van der Waals surface area contributed by atoms with Crippen molar-refractivity contribution in [1.29, 1.82) is 0 Å². The number of aromatic nitrogens is 2. The molecule has 202 valence electrons. The number of hydrogen-bond donors (Lipinski definition) is 0. The highest BCUT2D eigenvalue weighted by Gasteiger charge is 2.27. The number of rotatable bonds is 4. The van der Waals surface area contributed by atoms with Gasteiger partial charge < -0.3 is 0 Å². The Balaban J connectivity index is 1.74. The van der Waals surface area contributed by atoms with Gasteiger partial charge in [-0.25, -0.2) is 4.98 Å². The van der Waals surface area contributed by atoms with E-state index in [-0.39, 0.29) is 5.11 Å². The zero-order valence-corrected chi connectivity index (χ0v) is 27.1. The topological polar surface area (TPSA) is 17.8 Å². The Labute approximate surface area is 267 Å². The van der Waals surface area contributed by atoms with Crippen LogP contribution >= 0.6 is 0 Å². The summed E-state index contributed by atoms with van der Waals surface area (Å²) in [5, 5.41) is 4.86. The van der Waals surface area contributed by atoms with E-state index in [4.69, 9.17) is 4.98 Å². The molecule has 7 aromatic rings. The molecular formula is C34H32B8N2. The van der Waals surface area contributed by atoms with Gasteiger partial charge >= 0.3 is 0 Å². The molecule has 0 aliphatic carbocycles. The van der Waals surface area contributed by atoms with Crippen LogP contribution in [-0.4, -0.2) is 72.3 Å². The van der Waals surface area contributed by atoms with Crippen molar-refractivity contribution in [3.63, 3.8) is 0 Å². The van der Waals surface area contributed by atoms with E-state index in [2.05, 4.69) is 164 Å².